The van der Waals surface area contributed by atoms with Crippen molar-refractivity contribution in [3.8, 4) is 5.75 Å². The Morgan fingerprint density at radius 3 is 2.19 bits per heavy atom. The van der Waals surface area contributed by atoms with Crippen molar-refractivity contribution in [1.29, 1.82) is 0 Å². The van der Waals surface area contributed by atoms with E-state index in [0.717, 1.165) is 0 Å². The summed E-state index contributed by atoms with van der Waals surface area (Å²) in [6.45, 7) is 0. The molecule has 0 unspecified atom stereocenters. The minimum absolute atomic E-state index is 0.214. The van der Waals surface area contributed by atoms with Crippen molar-refractivity contribution in [2.45, 2.75) is 0 Å². The number of methoxy groups -OCH3 is 2. The van der Waals surface area contributed by atoms with Crippen molar-refractivity contribution in [2.24, 2.45) is 4.99 Å². The number of esters is 1. The first kappa shape index (κ1) is 21.0. The standard InChI is InChI=1S/C25H19FN2O4/c1-31-21-13-11-20(12-14-21)28-23(17-7-9-19(26)10-8-17)27-22(24(28)29)15-16-3-5-18(6-4-16)25(30)32-2/h3-15H,1-2H3/b22-15+. The fourth-order valence-electron chi connectivity index (χ4n) is 3.27. The molecular weight excluding hydrogens is 411 g/mol. The lowest BCUT2D eigenvalue weighted by Gasteiger charge is -2.18. The second-order valence-corrected chi connectivity index (χ2v) is 6.92. The van der Waals surface area contributed by atoms with E-state index < -0.39 is 5.97 Å². The fraction of sp³-hybridized carbons (Fsp3) is 0.0800. The molecule has 0 aromatic heterocycles. The van der Waals surface area contributed by atoms with Gasteiger partial charge in [0.1, 0.15) is 23.1 Å². The van der Waals surface area contributed by atoms with Crippen LogP contribution in [0.5, 0.6) is 5.75 Å². The molecular formula is C25H19FN2O4. The van der Waals surface area contributed by atoms with Gasteiger partial charge in [0, 0.05) is 5.56 Å². The molecule has 0 spiro atoms. The number of hydrogen-bond donors (Lipinski definition) is 0. The highest BCUT2D eigenvalue weighted by atomic mass is 19.1. The van der Waals surface area contributed by atoms with Crippen LogP contribution in [-0.2, 0) is 9.53 Å². The first-order chi connectivity index (χ1) is 15.5. The molecule has 0 aliphatic carbocycles. The summed E-state index contributed by atoms with van der Waals surface area (Å²) in [6, 6.07) is 19.4. The summed E-state index contributed by atoms with van der Waals surface area (Å²) >= 11 is 0. The summed E-state index contributed by atoms with van der Waals surface area (Å²) in [6.07, 6.45) is 1.64. The normalized spacial score (nSPS) is 14.5. The van der Waals surface area contributed by atoms with Gasteiger partial charge in [0.2, 0.25) is 0 Å². The van der Waals surface area contributed by atoms with E-state index in [1.165, 1.54) is 24.1 Å². The van der Waals surface area contributed by atoms with Crippen LogP contribution >= 0.6 is 0 Å². The lowest BCUT2D eigenvalue weighted by atomic mass is 10.1. The third-order valence-corrected chi connectivity index (χ3v) is 4.93. The number of nitrogens with zero attached hydrogens (tertiary/aromatic N) is 2. The molecule has 0 fully saturated rings. The van der Waals surface area contributed by atoms with Crippen molar-refractivity contribution in [2.75, 3.05) is 19.1 Å². The van der Waals surface area contributed by atoms with Crippen LogP contribution in [-0.4, -0.2) is 31.9 Å². The Balaban J connectivity index is 1.74. The second kappa shape index (κ2) is 8.85. The molecule has 0 saturated heterocycles. The van der Waals surface area contributed by atoms with Crippen LogP contribution in [0.3, 0.4) is 0 Å². The maximum absolute atomic E-state index is 13.5. The average Bonchev–Trinajstić information content (AvgIpc) is 3.15. The zero-order valence-corrected chi connectivity index (χ0v) is 17.4. The van der Waals surface area contributed by atoms with Crippen LogP contribution in [0.25, 0.3) is 6.08 Å². The highest BCUT2D eigenvalue weighted by Gasteiger charge is 2.32. The number of carbonyl (C=O) groups excluding carboxylic acids is 2. The maximum Gasteiger partial charge on any atom is 0.337 e. The Kier molecular flexibility index (Phi) is 5.81. The van der Waals surface area contributed by atoms with Crippen molar-refractivity contribution < 1.29 is 23.5 Å². The number of benzene rings is 3. The number of aliphatic imine (C=N–C) groups is 1. The van der Waals surface area contributed by atoms with Gasteiger partial charge in [0.05, 0.1) is 25.5 Å². The summed E-state index contributed by atoms with van der Waals surface area (Å²) in [5.41, 5.74) is 2.51. The van der Waals surface area contributed by atoms with Gasteiger partial charge in [-0.1, -0.05) is 12.1 Å². The van der Waals surface area contributed by atoms with Crippen LogP contribution in [0.15, 0.2) is 83.5 Å². The Labute approximate surface area is 184 Å². The zero-order chi connectivity index (χ0) is 22.7. The maximum atomic E-state index is 13.5. The van der Waals surface area contributed by atoms with Crippen molar-refractivity contribution >= 4 is 29.5 Å². The van der Waals surface area contributed by atoms with E-state index in [0.29, 0.717) is 34.0 Å². The number of amides is 1. The van der Waals surface area contributed by atoms with Gasteiger partial charge in [-0.2, -0.15) is 0 Å². The molecule has 0 bridgehead atoms. The predicted octanol–water partition coefficient (Wildman–Crippen LogP) is 4.46. The largest absolute Gasteiger partial charge is 0.497 e. The van der Waals surface area contributed by atoms with Crippen LogP contribution in [0.1, 0.15) is 21.5 Å². The first-order valence-electron chi connectivity index (χ1n) is 9.73. The van der Waals surface area contributed by atoms with Gasteiger partial charge in [0.25, 0.3) is 5.91 Å². The molecule has 3 aromatic rings. The summed E-state index contributed by atoms with van der Waals surface area (Å²) < 4.78 is 23.4. The molecule has 4 rings (SSSR count). The minimum Gasteiger partial charge on any atom is -0.497 e. The number of amidine groups is 1. The zero-order valence-electron chi connectivity index (χ0n) is 17.4. The summed E-state index contributed by atoms with van der Waals surface area (Å²) in [7, 11) is 2.88. The molecule has 0 radical (unpaired) electrons. The lowest BCUT2D eigenvalue weighted by molar-refractivity contribution is -0.113. The fourth-order valence-corrected chi connectivity index (χ4v) is 3.27. The Morgan fingerprint density at radius 1 is 0.938 bits per heavy atom. The molecule has 0 N–H and O–H groups in total. The number of rotatable bonds is 5. The molecule has 1 aliphatic rings. The molecule has 3 aromatic carbocycles. The molecule has 7 heteroatoms. The number of ether oxygens (including phenoxy) is 2. The Hall–Kier alpha value is -4.26. The number of anilines is 1. The van der Waals surface area contributed by atoms with E-state index in [1.54, 1.807) is 73.8 Å². The van der Waals surface area contributed by atoms with Gasteiger partial charge in [-0.05, 0) is 72.3 Å². The molecule has 0 atom stereocenters. The highest BCUT2D eigenvalue weighted by Crippen LogP contribution is 2.29. The summed E-state index contributed by atoms with van der Waals surface area (Å²) in [5.74, 6) is -0.106. The van der Waals surface area contributed by atoms with Crippen molar-refractivity contribution in [3.05, 3.63) is 101 Å². The average molecular weight is 430 g/mol. The van der Waals surface area contributed by atoms with Crippen LogP contribution in [0.4, 0.5) is 10.1 Å². The molecule has 160 valence electrons. The molecule has 6 nitrogen and oxygen atoms in total. The summed E-state index contributed by atoms with van der Waals surface area (Å²) in [5, 5.41) is 0. The topological polar surface area (TPSA) is 68.2 Å². The van der Waals surface area contributed by atoms with Crippen LogP contribution in [0.2, 0.25) is 0 Å². The first-order valence-corrected chi connectivity index (χ1v) is 9.73. The van der Waals surface area contributed by atoms with Gasteiger partial charge in [-0.15, -0.1) is 0 Å². The van der Waals surface area contributed by atoms with E-state index in [1.807, 2.05) is 0 Å². The van der Waals surface area contributed by atoms with E-state index in [2.05, 4.69) is 4.99 Å². The molecule has 0 saturated carbocycles. The molecule has 1 heterocycles. The quantitative estimate of drug-likeness (QED) is 0.443. The van der Waals surface area contributed by atoms with Crippen molar-refractivity contribution in [3.63, 3.8) is 0 Å². The third-order valence-electron chi connectivity index (χ3n) is 4.93. The van der Waals surface area contributed by atoms with E-state index in [-0.39, 0.29) is 17.4 Å². The smallest absolute Gasteiger partial charge is 0.337 e. The Bertz CT molecular complexity index is 1210. The Morgan fingerprint density at radius 2 is 1.59 bits per heavy atom. The van der Waals surface area contributed by atoms with Crippen LogP contribution in [0, 0.1) is 5.82 Å². The molecule has 1 amide bonds. The number of halogens is 1. The monoisotopic (exact) mass is 430 g/mol. The second-order valence-electron chi connectivity index (χ2n) is 6.92. The lowest BCUT2D eigenvalue weighted by Crippen LogP contribution is -2.32. The SMILES string of the molecule is COC(=O)c1ccc(/C=C2/N=C(c3ccc(F)cc3)N(c3ccc(OC)cc3)C2=O)cc1. The van der Waals surface area contributed by atoms with Gasteiger partial charge in [0.15, 0.2) is 0 Å². The molecule has 32 heavy (non-hydrogen) atoms. The number of carbonyl (C=O) groups is 2. The van der Waals surface area contributed by atoms with Gasteiger partial charge >= 0.3 is 5.97 Å². The van der Waals surface area contributed by atoms with E-state index in [4.69, 9.17) is 9.47 Å². The van der Waals surface area contributed by atoms with E-state index >= 15 is 0 Å². The van der Waals surface area contributed by atoms with Crippen molar-refractivity contribution in [1.82, 2.24) is 0 Å². The van der Waals surface area contributed by atoms with E-state index in [9.17, 15) is 14.0 Å². The highest BCUT2D eigenvalue weighted by molar-refractivity contribution is 6.33. The van der Waals surface area contributed by atoms with Gasteiger partial charge in [-0.3, -0.25) is 9.69 Å². The van der Waals surface area contributed by atoms with Gasteiger partial charge in [-0.25, -0.2) is 14.2 Å². The molecule has 1 aliphatic heterocycles. The minimum atomic E-state index is -0.441. The third kappa shape index (κ3) is 4.13. The van der Waals surface area contributed by atoms with Crippen LogP contribution < -0.4 is 9.64 Å². The number of hydrogen-bond acceptors (Lipinski definition) is 5. The summed E-state index contributed by atoms with van der Waals surface area (Å²) in [4.78, 5) is 31.0. The van der Waals surface area contributed by atoms with Gasteiger partial charge < -0.3 is 9.47 Å². The predicted molar refractivity (Wildman–Crippen MR) is 119 cm³/mol.